The molecule has 1 N–H and O–H groups in total. The summed E-state index contributed by atoms with van der Waals surface area (Å²) < 4.78 is 4.96. The Hall–Kier alpha value is -0.570. The predicted molar refractivity (Wildman–Crippen MR) is 58.4 cm³/mol. The Labute approximate surface area is 91.8 Å². The Balaban J connectivity index is 2.35. The molecule has 3 atom stereocenters. The average molecular weight is 214 g/mol. The SMILES string of the molecule is CCOC(=O)C(C)C[C@H]1CCCCC1O. The summed E-state index contributed by atoms with van der Waals surface area (Å²) in [5.74, 6) is 0.0797. The lowest BCUT2D eigenvalue weighted by Gasteiger charge is -2.29. The van der Waals surface area contributed by atoms with Crippen LogP contribution >= 0.6 is 0 Å². The summed E-state index contributed by atoms with van der Waals surface area (Å²) in [4.78, 5) is 11.4. The molecule has 0 saturated heterocycles. The fourth-order valence-electron chi connectivity index (χ4n) is 2.30. The van der Waals surface area contributed by atoms with Crippen molar-refractivity contribution >= 4 is 5.97 Å². The minimum Gasteiger partial charge on any atom is -0.466 e. The molecule has 1 rings (SSSR count). The number of rotatable bonds is 4. The molecule has 0 aromatic carbocycles. The fraction of sp³-hybridized carbons (Fsp3) is 0.917. The van der Waals surface area contributed by atoms with Gasteiger partial charge in [0.2, 0.25) is 0 Å². The smallest absolute Gasteiger partial charge is 0.308 e. The Kier molecular flexibility index (Phi) is 5.09. The van der Waals surface area contributed by atoms with Gasteiger partial charge in [0.1, 0.15) is 0 Å². The van der Waals surface area contributed by atoms with Gasteiger partial charge in [-0.15, -0.1) is 0 Å². The van der Waals surface area contributed by atoms with Crippen LogP contribution in [0.1, 0.15) is 46.0 Å². The van der Waals surface area contributed by atoms with Crippen molar-refractivity contribution in [2.24, 2.45) is 11.8 Å². The molecule has 1 fully saturated rings. The molecule has 0 aromatic rings. The predicted octanol–water partition coefficient (Wildman–Crippen LogP) is 2.13. The molecule has 0 spiro atoms. The molecule has 0 heterocycles. The maximum atomic E-state index is 11.4. The van der Waals surface area contributed by atoms with Crippen LogP contribution < -0.4 is 0 Å². The standard InChI is InChI=1S/C12H22O3/c1-3-15-12(14)9(2)8-10-6-4-5-7-11(10)13/h9-11,13H,3-8H2,1-2H3/t9?,10-,11?/m1/s1. The van der Waals surface area contributed by atoms with E-state index < -0.39 is 0 Å². The van der Waals surface area contributed by atoms with Gasteiger partial charge in [-0.3, -0.25) is 4.79 Å². The van der Waals surface area contributed by atoms with Crippen molar-refractivity contribution in [2.75, 3.05) is 6.61 Å². The first kappa shape index (κ1) is 12.5. The van der Waals surface area contributed by atoms with Crippen LogP contribution in [0.15, 0.2) is 0 Å². The Morgan fingerprint density at radius 1 is 1.47 bits per heavy atom. The van der Waals surface area contributed by atoms with E-state index >= 15 is 0 Å². The van der Waals surface area contributed by atoms with Gasteiger partial charge in [0, 0.05) is 0 Å². The second kappa shape index (κ2) is 6.11. The minimum atomic E-state index is -0.212. The topological polar surface area (TPSA) is 46.5 Å². The van der Waals surface area contributed by atoms with Gasteiger partial charge in [0.15, 0.2) is 0 Å². The van der Waals surface area contributed by atoms with E-state index in [2.05, 4.69) is 0 Å². The van der Waals surface area contributed by atoms with E-state index in [0.717, 1.165) is 25.7 Å². The second-order valence-electron chi connectivity index (χ2n) is 4.50. The Bertz CT molecular complexity index is 203. The van der Waals surface area contributed by atoms with Gasteiger partial charge in [-0.2, -0.15) is 0 Å². The van der Waals surface area contributed by atoms with Crippen molar-refractivity contribution in [3.05, 3.63) is 0 Å². The molecule has 2 unspecified atom stereocenters. The molecule has 1 saturated carbocycles. The monoisotopic (exact) mass is 214 g/mol. The van der Waals surface area contributed by atoms with Crippen LogP contribution in [-0.2, 0) is 9.53 Å². The first-order valence-electron chi connectivity index (χ1n) is 5.99. The highest BCUT2D eigenvalue weighted by molar-refractivity contribution is 5.71. The summed E-state index contributed by atoms with van der Waals surface area (Å²) in [6, 6.07) is 0. The van der Waals surface area contributed by atoms with Crippen LogP contribution in [0.25, 0.3) is 0 Å². The number of carbonyl (C=O) groups excluding carboxylic acids is 1. The molecule has 1 aliphatic rings. The number of esters is 1. The zero-order valence-corrected chi connectivity index (χ0v) is 9.74. The molecule has 88 valence electrons. The first-order chi connectivity index (χ1) is 7.15. The molecular weight excluding hydrogens is 192 g/mol. The van der Waals surface area contributed by atoms with Crippen LogP contribution in [0, 0.1) is 11.8 Å². The third kappa shape index (κ3) is 3.82. The highest BCUT2D eigenvalue weighted by Crippen LogP contribution is 2.29. The van der Waals surface area contributed by atoms with Crippen molar-refractivity contribution in [1.29, 1.82) is 0 Å². The number of hydrogen-bond donors (Lipinski definition) is 1. The molecular formula is C12H22O3. The van der Waals surface area contributed by atoms with Gasteiger partial charge in [-0.05, 0) is 32.1 Å². The number of aliphatic hydroxyl groups excluding tert-OH is 1. The summed E-state index contributed by atoms with van der Waals surface area (Å²) in [6.45, 7) is 4.15. The van der Waals surface area contributed by atoms with Gasteiger partial charge < -0.3 is 9.84 Å². The lowest BCUT2D eigenvalue weighted by molar-refractivity contribution is -0.148. The minimum absolute atomic E-state index is 0.0808. The van der Waals surface area contributed by atoms with Crippen LogP contribution in [0.4, 0.5) is 0 Å². The highest BCUT2D eigenvalue weighted by Gasteiger charge is 2.27. The van der Waals surface area contributed by atoms with E-state index in [4.69, 9.17) is 4.74 Å². The van der Waals surface area contributed by atoms with Crippen molar-refractivity contribution in [3.63, 3.8) is 0 Å². The van der Waals surface area contributed by atoms with Crippen molar-refractivity contribution < 1.29 is 14.6 Å². The molecule has 3 nitrogen and oxygen atoms in total. The maximum Gasteiger partial charge on any atom is 0.308 e. The third-order valence-electron chi connectivity index (χ3n) is 3.21. The molecule has 0 aromatic heterocycles. The summed E-state index contributed by atoms with van der Waals surface area (Å²) >= 11 is 0. The van der Waals surface area contributed by atoms with E-state index in [0.29, 0.717) is 6.61 Å². The van der Waals surface area contributed by atoms with Crippen molar-refractivity contribution in [2.45, 2.75) is 52.1 Å². The highest BCUT2D eigenvalue weighted by atomic mass is 16.5. The van der Waals surface area contributed by atoms with Gasteiger partial charge in [-0.1, -0.05) is 19.8 Å². The van der Waals surface area contributed by atoms with E-state index in [1.165, 1.54) is 6.42 Å². The Morgan fingerprint density at radius 3 is 2.73 bits per heavy atom. The molecule has 0 amide bonds. The molecule has 0 aliphatic heterocycles. The summed E-state index contributed by atoms with van der Waals surface area (Å²) in [5, 5.41) is 9.78. The van der Waals surface area contributed by atoms with Gasteiger partial charge in [-0.25, -0.2) is 0 Å². The van der Waals surface area contributed by atoms with E-state index in [9.17, 15) is 9.90 Å². The van der Waals surface area contributed by atoms with Crippen LogP contribution in [0.3, 0.4) is 0 Å². The zero-order valence-electron chi connectivity index (χ0n) is 9.74. The van der Waals surface area contributed by atoms with Crippen molar-refractivity contribution in [3.8, 4) is 0 Å². The average Bonchev–Trinajstić information content (AvgIpc) is 2.21. The largest absolute Gasteiger partial charge is 0.466 e. The molecule has 15 heavy (non-hydrogen) atoms. The molecule has 0 bridgehead atoms. The maximum absolute atomic E-state index is 11.4. The van der Waals surface area contributed by atoms with Crippen LogP contribution in [0.2, 0.25) is 0 Å². The van der Waals surface area contributed by atoms with Gasteiger partial charge >= 0.3 is 5.97 Å². The Morgan fingerprint density at radius 2 is 2.13 bits per heavy atom. The van der Waals surface area contributed by atoms with Crippen LogP contribution in [0.5, 0.6) is 0 Å². The summed E-state index contributed by atoms with van der Waals surface area (Å²) in [5.41, 5.74) is 0. The normalized spacial score (nSPS) is 28.5. The third-order valence-corrected chi connectivity index (χ3v) is 3.21. The van der Waals surface area contributed by atoms with E-state index in [-0.39, 0.29) is 23.9 Å². The van der Waals surface area contributed by atoms with Crippen LogP contribution in [-0.4, -0.2) is 23.8 Å². The summed E-state index contributed by atoms with van der Waals surface area (Å²) in [7, 11) is 0. The first-order valence-corrected chi connectivity index (χ1v) is 5.99. The van der Waals surface area contributed by atoms with Gasteiger partial charge in [0.25, 0.3) is 0 Å². The lowest BCUT2D eigenvalue weighted by Crippen LogP contribution is -2.28. The number of aliphatic hydroxyl groups is 1. The van der Waals surface area contributed by atoms with Gasteiger partial charge in [0.05, 0.1) is 18.6 Å². The van der Waals surface area contributed by atoms with Crippen molar-refractivity contribution in [1.82, 2.24) is 0 Å². The molecule has 1 aliphatic carbocycles. The van der Waals surface area contributed by atoms with E-state index in [1.54, 1.807) is 0 Å². The number of hydrogen-bond acceptors (Lipinski definition) is 3. The fourth-order valence-corrected chi connectivity index (χ4v) is 2.30. The number of ether oxygens (including phenoxy) is 1. The molecule has 3 heteroatoms. The number of carbonyl (C=O) groups is 1. The zero-order chi connectivity index (χ0) is 11.3. The lowest BCUT2D eigenvalue weighted by atomic mass is 9.81. The second-order valence-corrected chi connectivity index (χ2v) is 4.50. The van der Waals surface area contributed by atoms with E-state index in [1.807, 2.05) is 13.8 Å². The molecule has 0 radical (unpaired) electrons. The summed E-state index contributed by atoms with van der Waals surface area (Å²) in [6.07, 6.45) is 4.78. The quantitative estimate of drug-likeness (QED) is 0.729.